The standard InChI is InChI=1S/C34H47N3O12S/c1-20-7-5-8-22(36-27(41)18-50-34-32(45)31(44)30(43)26(16-38)49-34)9-6-10-23(35-19-47-17-28(42)37-11-3-2-4-12-37)13-21-14-24(39)15-25(40)29(21)33(46)48-20/h5-6,8,10,14-15,20,22,26,30-32,34,38-40,43-45H,2-4,7,9,11-13,16-19H2,1H3,(H,36,41)/b8-5+,10-6+,35-23-/t20-,22-,26?,30+,31?,32?,34-/m1/s1. The molecule has 1 aromatic rings. The van der Waals surface area contributed by atoms with Crippen molar-refractivity contribution >= 4 is 35.3 Å². The second kappa shape index (κ2) is 19.2. The van der Waals surface area contributed by atoms with E-state index in [-0.39, 0.29) is 54.7 Å². The third-order valence-electron chi connectivity index (χ3n) is 8.47. The van der Waals surface area contributed by atoms with Gasteiger partial charge in [0.2, 0.25) is 11.8 Å². The number of piperidine rings is 1. The van der Waals surface area contributed by atoms with Crippen molar-refractivity contribution in [2.75, 3.05) is 38.8 Å². The molecule has 0 saturated carbocycles. The summed E-state index contributed by atoms with van der Waals surface area (Å²) < 4.78 is 16.6. The van der Waals surface area contributed by atoms with Crippen molar-refractivity contribution in [1.82, 2.24) is 10.2 Å². The van der Waals surface area contributed by atoms with Crippen LogP contribution < -0.4 is 5.32 Å². The predicted octanol–water partition coefficient (Wildman–Crippen LogP) is 0.537. The first-order chi connectivity index (χ1) is 24.0. The fourth-order valence-electron chi connectivity index (χ4n) is 5.77. The molecular formula is C34H47N3O12S. The van der Waals surface area contributed by atoms with Crippen molar-refractivity contribution in [3.05, 3.63) is 47.6 Å². The molecule has 16 heteroatoms. The number of cyclic esters (lactones) is 1. The summed E-state index contributed by atoms with van der Waals surface area (Å²) in [5, 5.41) is 63.5. The largest absolute Gasteiger partial charge is 0.508 e. The van der Waals surface area contributed by atoms with Crippen LogP contribution >= 0.6 is 11.8 Å². The monoisotopic (exact) mass is 721 g/mol. The normalized spacial score (nSPS) is 30.1. The lowest BCUT2D eigenvalue weighted by Crippen LogP contribution is -2.57. The summed E-state index contributed by atoms with van der Waals surface area (Å²) in [5.74, 6) is -2.22. The third kappa shape index (κ3) is 11.2. The van der Waals surface area contributed by atoms with E-state index in [0.29, 0.717) is 25.2 Å². The molecule has 7 atom stereocenters. The van der Waals surface area contributed by atoms with Crippen LogP contribution in [0.15, 0.2) is 41.4 Å². The van der Waals surface area contributed by atoms with Gasteiger partial charge in [-0.3, -0.25) is 14.6 Å². The average molecular weight is 722 g/mol. The summed E-state index contributed by atoms with van der Waals surface area (Å²) in [6.45, 7) is 2.15. The first kappa shape index (κ1) is 39.3. The van der Waals surface area contributed by atoms with E-state index >= 15 is 0 Å². The number of thioether (sulfide) groups is 1. The lowest BCUT2D eigenvalue weighted by atomic mass is 9.99. The molecule has 50 heavy (non-hydrogen) atoms. The fourth-order valence-corrected chi connectivity index (χ4v) is 6.75. The van der Waals surface area contributed by atoms with Crippen LogP contribution in [0.2, 0.25) is 0 Å². The first-order valence-corrected chi connectivity index (χ1v) is 17.7. The van der Waals surface area contributed by atoms with Crippen LogP contribution in [0.1, 0.15) is 54.9 Å². The number of rotatable bonds is 9. The van der Waals surface area contributed by atoms with Gasteiger partial charge in [-0.1, -0.05) is 18.2 Å². The molecule has 0 aliphatic carbocycles. The molecule has 0 bridgehead atoms. The number of phenolic OH excluding ortho intramolecular Hbond substituents is 2. The van der Waals surface area contributed by atoms with Gasteiger partial charge in [-0.15, -0.1) is 11.8 Å². The zero-order chi connectivity index (χ0) is 36.2. The number of amides is 2. The zero-order valence-electron chi connectivity index (χ0n) is 27.9. The number of ether oxygens (including phenoxy) is 3. The number of aliphatic hydroxyl groups is 4. The highest BCUT2D eigenvalue weighted by Crippen LogP contribution is 2.30. The Morgan fingerprint density at radius 3 is 2.56 bits per heavy atom. The molecule has 3 heterocycles. The number of phenols is 2. The van der Waals surface area contributed by atoms with Crippen LogP contribution in [-0.2, 0) is 30.2 Å². The lowest BCUT2D eigenvalue weighted by Gasteiger charge is -2.39. The summed E-state index contributed by atoms with van der Waals surface area (Å²) in [7, 11) is 0. The van der Waals surface area contributed by atoms with E-state index in [4.69, 9.17) is 14.2 Å². The number of likely N-dealkylation sites (tertiary alicyclic amines) is 1. The Hall–Kier alpha value is -3.51. The highest BCUT2D eigenvalue weighted by Gasteiger charge is 2.43. The van der Waals surface area contributed by atoms with Gasteiger partial charge in [0.15, 0.2) is 0 Å². The Bertz CT molecular complexity index is 1410. The minimum absolute atomic E-state index is 0.0106. The van der Waals surface area contributed by atoms with Crippen molar-refractivity contribution in [3.8, 4) is 11.5 Å². The number of carbonyl (C=O) groups excluding carboxylic acids is 3. The molecule has 7 N–H and O–H groups in total. The van der Waals surface area contributed by atoms with E-state index in [1.165, 1.54) is 6.07 Å². The number of hydrogen-bond donors (Lipinski definition) is 7. The topological polar surface area (TPSA) is 228 Å². The number of nitrogens with zero attached hydrogens (tertiary/aromatic N) is 2. The maximum absolute atomic E-state index is 13.2. The average Bonchev–Trinajstić information content (AvgIpc) is 3.08. The maximum Gasteiger partial charge on any atom is 0.342 e. The summed E-state index contributed by atoms with van der Waals surface area (Å²) in [6.07, 6.45) is 4.23. The molecule has 15 nitrogen and oxygen atoms in total. The highest BCUT2D eigenvalue weighted by atomic mass is 32.2. The zero-order valence-corrected chi connectivity index (χ0v) is 28.7. The highest BCUT2D eigenvalue weighted by molar-refractivity contribution is 8.00. The summed E-state index contributed by atoms with van der Waals surface area (Å²) in [5.41, 5.74) is -0.522. The smallest absolute Gasteiger partial charge is 0.342 e. The summed E-state index contributed by atoms with van der Waals surface area (Å²) in [6, 6.07) is 1.87. The number of aromatic hydroxyl groups is 2. The number of fused-ring (bicyclic) bond motifs is 1. The number of aliphatic imine (C=N–C) groups is 1. The van der Waals surface area contributed by atoms with Crippen molar-refractivity contribution in [2.45, 2.75) is 87.4 Å². The van der Waals surface area contributed by atoms with Crippen molar-refractivity contribution < 1.29 is 59.2 Å². The van der Waals surface area contributed by atoms with Gasteiger partial charge in [0.25, 0.3) is 0 Å². The quantitative estimate of drug-likeness (QED) is 0.105. The third-order valence-corrected chi connectivity index (χ3v) is 9.62. The Morgan fingerprint density at radius 2 is 1.82 bits per heavy atom. The molecule has 3 aliphatic heterocycles. The molecule has 0 radical (unpaired) electrons. The van der Waals surface area contributed by atoms with E-state index in [0.717, 1.165) is 37.1 Å². The molecular weight excluding hydrogens is 674 g/mol. The minimum Gasteiger partial charge on any atom is -0.508 e. The summed E-state index contributed by atoms with van der Waals surface area (Å²) >= 11 is 0.907. The molecule has 0 spiro atoms. The number of aliphatic hydroxyl groups excluding tert-OH is 4. The molecule has 2 saturated heterocycles. The van der Waals surface area contributed by atoms with Gasteiger partial charge in [0, 0.05) is 37.7 Å². The van der Waals surface area contributed by atoms with Gasteiger partial charge in [0.05, 0.1) is 18.4 Å². The van der Waals surface area contributed by atoms with E-state index in [2.05, 4.69) is 10.3 Å². The van der Waals surface area contributed by atoms with Crippen LogP contribution in [-0.4, -0.2) is 140 Å². The molecule has 4 rings (SSSR count). The Labute approximate surface area is 294 Å². The van der Waals surface area contributed by atoms with Gasteiger partial charge >= 0.3 is 5.97 Å². The van der Waals surface area contributed by atoms with E-state index < -0.39 is 66.2 Å². The molecule has 3 aliphatic rings. The molecule has 2 fully saturated rings. The number of carbonyl (C=O) groups is 3. The Balaban J connectivity index is 1.48. The van der Waals surface area contributed by atoms with Crippen LogP contribution in [0, 0.1) is 0 Å². The molecule has 3 unspecified atom stereocenters. The van der Waals surface area contributed by atoms with Crippen LogP contribution in [0.5, 0.6) is 11.5 Å². The molecule has 2 amide bonds. The first-order valence-electron chi connectivity index (χ1n) is 16.7. The van der Waals surface area contributed by atoms with Crippen LogP contribution in [0.3, 0.4) is 0 Å². The van der Waals surface area contributed by atoms with E-state index in [1.807, 2.05) is 0 Å². The fraction of sp³-hybridized carbons (Fsp3) is 0.588. The van der Waals surface area contributed by atoms with E-state index in [9.17, 15) is 45.0 Å². The Morgan fingerprint density at radius 1 is 1.06 bits per heavy atom. The van der Waals surface area contributed by atoms with Crippen molar-refractivity contribution in [3.63, 3.8) is 0 Å². The van der Waals surface area contributed by atoms with Gasteiger partial charge < -0.3 is 55.1 Å². The predicted molar refractivity (Wildman–Crippen MR) is 183 cm³/mol. The van der Waals surface area contributed by atoms with Gasteiger partial charge in [-0.25, -0.2) is 4.79 Å². The number of benzene rings is 1. The maximum atomic E-state index is 13.2. The van der Waals surface area contributed by atoms with Gasteiger partial charge in [-0.05, 0) is 50.3 Å². The lowest BCUT2D eigenvalue weighted by molar-refractivity contribution is -0.205. The second-order valence-electron chi connectivity index (χ2n) is 12.4. The number of esters is 1. The van der Waals surface area contributed by atoms with Gasteiger partial charge in [0.1, 0.15) is 66.4 Å². The number of nitrogens with one attached hydrogen (secondary N) is 1. The van der Waals surface area contributed by atoms with Gasteiger partial charge in [-0.2, -0.15) is 0 Å². The van der Waals surface area contributed by atoms with Crippen molar-refractivity contribution in [2.24, 2.45) is 4.99 Å². The summed E-state index contributed by atoms with van der Waals surface area (Å²) in [4.78, 5) is 44.9. The van der Waals surface area contributed by atoms with E-state index in [1.54, 1.807) is 36.1 Å². The number of allylic oxidation sites excluding steroid dienone is 1. The number of hydrogen-bond acceptors (Lipinski definition) is 14. The molecule has 0 aromatic heterocycles. The Kier molecular flexibility index (Phi) is 15.1. The molecule has 1 aromatic carbocycles. The second-order valence-corrected chi connectivity index (χ2v) is 13.5. The SMILES string of the molecule is C[C@@H]1C/C=C/[C@@H](NC(=O)CS[C@H]2OC(CO)[C@H](O)C(O)C2O)C/C=C/C(=N/COCC(=O)N2CCCCC2)Cc2cc(O)cc(O)c2C(=O)O1. The minimum atomic E-state index is -1.55. The van der Waals surface area contributed by atoms with Crippen LogP contribution in [0.4, 0.5) is 0 Å². The van der Waals surface area contributed by atoms with Crippen molar-refractivity contribution in [1.29, 1.82) is 0 Å². The van der Waals surface area contributed by atoms with Crippen LogP contribution in [0.25, 0.3) is 0 Å². The molecule has 276 valence electrons.